The average molecular weight is 565 g/mol. The molecule has 44 heavy (non-hydrogen) atoms. The Balaban J connectivity index is 1.23. The van der Waals surface area contributed by atoms with Crippen LogP contribution in [-0.4, -0.2) is 9.13 Å². The van der Waals surface area contributed by atoms with E-state index in [1.807, 2.05) is 0 Å². The summed E-state index contributed by atoms with van der Waals surface area (Å²) in [6, 6.07) is 42.5. The number of allylic oxidation sites excluding steroid dienone is 8. The molecule has 5 aromatic carbocycles. The Hall–Kier alpha value is -5.34. The largest absolute Gasteiger partial charge is 0.333 e. The number of nitrogens with zero attached hydrogens (tertiary/aromatic N) is 2. The Kier molecular flexibility index (Phi) is 5.80. The number of hydrogen-bond acceptors (Lipinski definition) is 0. The second kappa shape index (κ2) is 10.1. The molecule has 2 aromatic heterocycles. The van der Waals surface area contributed by atoms with E-state index in [-0.39, 0.29) is 6.04 Å². The molecule has 2 heteroatoms. The fourth-order valence-corrected chi connectivity index (χ4v) is 7.45. The third-order valence-electron chi connectivity index (χ3n) is 9.58. The molecule has 2 aliphatic carbocycles. The summed E-state index contributed by atoms with van der Waals surface area (Å²) in [5, 5.41) is 5.21. The minimum atomic E-state index is 0.268. The molecule has 9 rings (SSSR count). The van der Waals surface area contributed by atoms with Gasteiger partial charge in [-0.05, 0) is 65.9 Å². The Morgan fingerprint density at radius 2 is 1.23 bits per heavy atom. The van der Waals surface area contributed by atoms with Crippen LogP contribution in [0.1, 0.15) is 18.9 Å². The summed E-state index contributed by atoms with van der Waals surface area (Å²) in [4.78, 5) is 0. The Bertz CT molecular complexity index is 2320. The Labute approximate surface area is 257 Å². The average Bonchev–Trinajstić information content (AvgIpc) is 3.60. The van der Waals surface area contributed by atoms with Crippen LogP contribution < -0.4 is 0 Å². The van der Waals surface area contributed by atoms with Gasteiger partial charge in [0, 0.05) is 38.7 Å². The molecule has 2 heterocycles. The van der Waals surface area contributed by atoms with Crippen molar-refractivity contribution in [2.45, 2.75) is 18.9 Å². The maximum Gasteiger partial charge on any atom is 0.0562 e. The van der Waals surface area contributed by atoms with Gasteiger partial charge in [-0.2, -0.15) is 0 Å². The fraction of sp³-hybridized carbons (Fsp3) is 0.0952. The van der Waals surface area contributed by atoms with Crippen LogP contribution in [0.2, 0.25) is 0 Å². The quantitative estimate of drug-likeness (QED) is 0.201. The predicted molar refractivity (Wildman–Crippen MR) is 186 cm³/mol. The lowest BCUT2D eigenvalue weighted by atomic mass is 9.88. The number of aromatic nitrogens is 2. The third kappa shape index (κ3) is 3.95. The van der Waals surface area contributed by atoms with Crippen LogP contribution >= 0.6 is 0 Å². The first-order valence-electron chi connectivity index (χ1n) is 15.7. The molecule has 0 N–H and O–H groups in total. The lowest BCUT2D eigenvalue weighted by Crippen LogP contribution is -2.10. The molecule has 0 saturated heterocycles. The van der Waals surface area contributed by atoms with Crippen LogP contribution in [0.3, 0.4) is 0 Å². The normalized spacial score (nSPS) is 18.1. The topological polar surface area (TPSA) is 9.86 Å². The molecule has 2 unspecified atom stereocenters. The first-order valence-corrected chi connectivity index (χ1v) is 15.7. The smallest absolute Gasteiger partial charge is 0.0562 e. The minimum absolute atomic E-state index is 0.268. The molecule has 7 aromatic rings. The SMILES string of the molecule is C1=CCC(C2=CCC(n3c4ccccc4c4cc5c6ccccc6n(-c6ccc(-c7ccccc7)cc6)c5cc43)C=C2)C=C1. The van der Waals surface area contributed by atoms with Crippen molar-refractivity contribution in [2.75, 3.05) is 0 Å². The summed E-state index contributed by atoms with van der Waals surface area (Å²) in [5.41, 5.74) is 10.1. The molecule has 0 radical (unpaired) electrons. The van der Waals surface area contributed by atoms with Gasteiger partial charge in [-0.1, -0.05) is 121 Å². The highest BCUT2D eigenvalue weighted by atomic mass is 15.0. The van der Waals surface area contributed by atoms with Crippen molar-refractivity contribution in [1.82, 2.24) is 9.13 Å². The lowest BCUT2D eigenvalue weighted by Gasteiger charge is -2.23. The van der Waals surface area contributed by atoms with Crippen LogP contribution in [0.5, 0.6) is 0 Å². The van der Waals surface area contributed by atoms with E-state index >= 15 is 0 Å². The van der Waals surface area contributed by atoms with Crippen molar-refractivity contribution >= 4 is 43.6 Å². The summed E-state index contributed by atoms with van der Waals surface area (Å²) in [7, 11) is 0. The van der Waals surface area contributed by atoms with E-state index in [2.05, 4.69) is 167 Å². The summed E-state index contributed by atoms with van der Waals surface area (Å²) >= 11 is 0. The zero-order chi connectivity index (χ0) is 29.0. The third-order valence-corrected chi connectivity index (χ3v) is 9.58. The van der Waals surface area contributed by atoms with Crippen molar-refractivity contribution in [3.8, 4) is 16.8 Å². The molecule has 0 aliphatic heterocycles. The van der Waals surface area contributed by atoms with E-state index in [0.717, 1.165) is 12.8 Å². The standard InChI is InChI=1S/C42H32N2/c1-3-11-29(12-4-1)31-19-23-33(24-20-31)43-39-17-9-7-15-35(39)37-27-38-36-16-8-10-18-40(36)44(42(38)28-41(37)43)34-25-21-32(22-26-34)30-13-5-2-6-14-30/h1-13,15-25,27-28,30,34H,14,26H2. The number of rotatable bonds is 4. The molecule has 0 bridgehead atoms. The second-order valence-corrected chi connectivity index (χ2v) is 12.1. The molecular formula is C42H32N2. The Morgan fingerprint density at radius 3 is 1.98 bits per heavy atom. The number of para-hydroxylation sites is 2. The van der Waals surface area contributed by atoms with E-state index in [1.54, 1.807) is 0 Å². The number of fused-ring (bicyclic) bond motifs is 6. The summed E-state index contributed by atoms with van der Waals surface area (Å²) in [5.74, 6) is 0.485. The van der Waals surface area contributed by atoms with E-state index in [0.29, 0.717) is 5.92 Å². The van der Waals surface area contributed by atoms with Gasteiger partial charge in [-0.25, -0.2) is 0 Å². The first kappa shape index (κ1) is 25.2. The van der Waals surface area contributed by atoms with E-state index in [1.165, 1.54) is 66.0 Å². The van der Waals surface area contributed by atoms with Gasteiger partial charge in [0.15, 0.2) is 0 Å². The van der Waals surface area contributed by atoms with Gasteiger partial charge < -0.3 is 9.13 Å². The second-order valence-electron chi connectivity index (χ2n) is 12.1. The van der Waals surface area contributed by atoms with Gasteiger partial charge in [0.05, 0.1) is 22.6 Å². The highest BCUT2D eigenvalue weighted by Crippen LogP contribution is 2.41. The monoisotopic (exact) mass is 564 g/mol. The van der Waals surface area contributed by atoms with Gasteiger partial charge in [0.25, 0.3) is 0 Å². The van der Waals surface area contributed by atoms with Crippen LogP contribution in [-0.2, 0) is 0 Å². The van der Waals surface area contributed by atoms with E-state index in [9.17, 15) is 0 Å². The summed E-state index contributed by atoms with van der Waals surface area (Å²) in [6.45, 7) is 0. The molecule has 2 nitrogen and oxygen atoms in total. The summed E-state index contributed by atoms with van der Waals surface area (Å²) in [6.07, 6.45) is 18.3. The fourth-order valence-electron chi connectivity index (χ4n) is 7.45. The van der Waals surface area contributed by atoms with Crippen LogP contribution in [0.4, 0.5) is 0 Å². The lowest BCUT2D eigenvalue weighted by molar-refractivity contribution is 0.633. The van der Waals surface area contributed by atoms with E-state index < -0.39 is 0 Å². The van der Waals surface area contributed by atoms with E-state index in [4.69, 9.17) is 0 Å². The van der Waals surface area contributed by atoms with Crippen LogP contribution in [0.15, 0.2) is 163 Å². The maximum absolute atomic E-state index is 2.57. The maximum atomic E-state index is 2.57. The highest BCUT2D eigenvalue weighted by molar-refractivity contribution is 6.18. The van der Waals surface area contributed by atoms with Crippen molar-refractivity contribution in [3.05, 3.63) is 163 Å². The molecule has 2 atom stereocenters. The minimum Gasteiger partial charge on any atom is -0.333 e. The number of benzene rings is 5. The predicted octanol–water partition coefficient (Wildman–Crippen LogP) is 11.1. The number of hydrogen-bond donors (Lipinski definition) is 0. The van der Waals surface area contributed by atoms with Crippen LogP contribution in [0.25, 0.3) is 60.4 Å². The van der Waals surface area contributed by atoms with Gasteiger partial charge in [0.2, 0.25) is 0 Å². The molecule has 2 aliphatic rings. The van der Waals surface area contributed by atoms with Crippen molar-refractivity contribution in [2.24, 2.45) is 5.92 Å². The first-order chi connectivity index (χ1) is 21.8. The zero-order valence-corrected chi connectivity index (χ0v) is 24.5. The molecule has 210 valence electrons. The molecular weight excluding hydrogens is 532 g/mol. The van der Waals surface area contributed by atoms with Gasteiger partial charge in [-0.3, -0.25) is 0 Å². The van der Waals surface area contributed by atoms with Crippen LogP contribution in [0, 0.1) is 5.92 Å². The molecule has 0 spiro atoms. The zero-order valence-electron chi connectivity index (χ0n) is 24.5. The molecule has 0 fully saturated rings. The van der Waals surface area contributed by atoms with Gasteiger partial charge in [0.1, 0.15) is 0 Å². The summed E-state index contributed by atoms with van der Waals surface area (Å²) < 4.78 is 5.02. The van der Waals surface area contributed by atoms with Gasteiger partial charge in [-0.15, -0.1) is 0 Å². The Morgan fingerprint density at radius 1 is 0.523 bits per heavy atom. The van der Waals surface area contributed by atoms with Gasteiger partial charge >= 0.3 is 0 Å². The van der Waals surface area contributed by atoms with Crippen molar-refractivity contribution in [3.63, 3.8) is 0 Å². The van der Waals surface area contributed by atoms with Crippen molar-refractivity contribution < 1.29 is 0 Å². The molecule has 0 saturated carbocycles. The highest BCUT2D eigenvalue weighted by Gasteiger charge is 2.22. The molecule has 0 amide bonds. The van der Waals surface area contributed by atoms with Crippen molar-refractivity contribution in [1.29, 1.82) is 0 Å².